The molecular formula is C18H21N3O3S2. The number of benzene rings is 1. The Labute approximate surface area is 157 Å². The van der Waals surface area contributed by atoms with Crippen LogP contribution in [0.5, 0.6) is 0 Å². The second-order valence-electron chi connectivity index (χ2n) is 6.94. The van der Waals surface area contributed by atoms with Gasteiger partial charge < -0.3 is 4.90 Å². The molecule has 0 radical (unpaired) electrons. The van der Waals surface area contributed by atoms with Gasteiger partial charge in [-0.1, -0.05) is 18.2 Å². The highest BCUT2D eigenvalue weighted by Crippen LogP contribution is 2.36. The zero-order valence-electron chi connectivity index (χ0n) is 14.5. The van der Waals surface area contributed by atoms with Crippen LogP contribution in [0.15, 0.2) is 52.1 Å². The molecule has 2 fully saturated rings. The molecule has 1 spiro atoms. The van der Waals surface area contributed by atoms with Gasteiger partial charge in [0.2, 0.25) is 15.9 Å². The first-order valence-corrected chi connectivity index (χ1v) is 10.9. The summed E-state index contributed by atoms with van der Waals surface area (Å²) in [6.07, 6.45) is 0.712. The largest absolute Gasteiger partial charge is 0.309 e. The van der Waals surface area contributed by atoms with Gasteiger partial charge >= 0.3 is 0 Å². The molecular weight excluding hydrogens is 370 g/mol. The SMILES string of the molecule is CN1CC(=O)N(c2ccsc2)C[C@@]12CCN(S(=O)(=O)c1ccccc1)C2. The standard InChI is InChI=1S/C18H21N3O3S2/c1-19-11-17(22)21(15-7-10-25-12-15)14-18(19)8-9-20(13-18)26(23,24)16-5-3-2-4-6-16/h2-7,10,12H,8-9,11,13-14H2,1H3/t18-/m0/s1. The summed E-state index contributed by atoms with van der Waals surface area (Å²) in [4.78, 5) is 16.6. The summed E-state index contributed by atoms with van der Waals surface area (Å²) in [7, 11) is -1.60. The zero-order valence-corrected chi connectivity index (χ0v) is 16.2. The Balaban J connectivity index is 1.61. The number of carbonyl (C=O) groups excluding carboxylic acids is 1. The highest BCUT2D eigenvalue weighted by atomic mass is 32.2. The van der Waals surface area contributed by atoms with Crippen molar-refractivity contribution in [3.05, 3.63) is 47.2 Å². The topological polar surface area (TPSA) is 60.9 Å². The molecule has 26 heavy (non-hydrogen) atoms. The number of anilines is 1. The van der Waals surface area contributed by atoms with Crippen LogP contribution in [0.4, 0.5) is 5.69 Å². The molecule has 1 amide bonds. The van der Waals surface area contributed by atoms with Crippen LogP contribution in [0.25, 0.3) is 0 Å². The van der Waals surface area contributed by atoms with E-state index in [1.165, 1.54) is 0 Å². The van der Waals surface area contributed by atoms with E-state index in [1.54, 1.807) is 44.8 Å². The number of thiophene rings is 1. The smallest absolute Gasteiger partial charge is 0.243 e. The summed E-state index contributed by atoms with van der Waals surface area (Å²) in [6.45, 7) is 1.68. The molecule has 0 N–H and O–H groups in total. The quantitative estimate of drug-likeness (QED) is 0.801. The average Bonchev–Trinajstić information content (AvgIpc) is 3.30. The van der Waals surface area contributed by atoms with Gasteiger partial charge in [0.25, 0.3) is 0 Å². The van der Waals surface area contributed by atoms with Crippen LogP contribution in [0.1, 0.15) is 6.42 Å². The molecule has 3 heterocycles. The Morgan fingerprint density at radius 3 is 2.58 bits per heavy atom. The van der Waals surface area contributed by atoms with Crippen molar-refractivity contribution in [3.8, 4) is 0 Å². The summed E-state index contributed by atoms with van der Waals surface area (Å²) in [6, 6.07) is 10.5. The Morgan fingerprint density at radius 1 is 1.12 bits per heavy atom. The van der Waals surface area contributed by atoms with Crippen molar-refractivity contribution in [3.63, 3.8) is 0 Å². The van der Waals surface area contributed by atoms with Crippen molar-refractivity contribution in [2.75, 3.05) is 38.1 Å². The second-order valence-corrected chi connectivity index (χ2v) is 9.66. The van der Waals surface area contributed by atoms with Crippen molar-refractivity contribution in [2.45, 2.75) is 16.9 Å². The molecule has 4 rings (SSSR count). The van der Waals surface area contributed by atoms with Gasteiger partial charge in [-0.3, -0.25) is 9.69 Å². The van der Waals surface area contributed by atoms with Gasteiger partial charge in [0, 0.05) is 25.0 Å². The van der Waals surface area contributed by atoms with Gasteiger partial charge in [-0.2, -0.15) is 15.6 Å². The van der Waals surface area contributed by atoms with Gasteiger partial charge in [-0.05, 0) is 37.0 Å². The summed E-state index contributed by atoms with van der Waals surface area (Å²) in [5.41, 5.74) is 0.550. The van der Waals surface area contributed by atoms with Crippen molar-refractivity contribution in [1.29, 1.82) is 0 Å². The van der Waals surface area contributed by atoms with Crippen molar-refractivity contribution in [2.24, 2.45) is 0 Å². The van der Waals surface area contributed by atoms with E-state index in [0.29, 0.717) is 37.5 Å². The van der Waals surface area contributed by atoms with Crippen LogP contribution in [-0.4, -0.2) is 62.3 Å². The molecule has 2 aromatic rings. The Kier molecular flexibility index (Phi) is 4.38. The van der Waals surface area contributed by atoms with Crippen LogP contribution < -0.4 is 4.90 Å². The van der Waals surface area contributed by atoms with Gasteiger partial charge in [-0.15, -0.1) is 0 Å². The first kappa shape index (κ1) is 17.7. The highest BCUT2D eigenvalue weighted by Gasteiger charge is 2.50. The van der Waals surface area contributed by atoms with E-state index < -0.39 is 10.0 Å². The molecule has 0 aliphatic carbocycles. The van der Waals surface area contributed by atoms with Crippen molar-refractivity contribution in [1.82, 2.24) is 9.21 Å². The molecule has 2 saturated heterocycles. The number of nitrogens with zero attached hydrogens (tertiary/aromatic N) is 3. The average molecular weight is 392 g/mol. The predicted molar refractivity (Wildman–Crippen MR) is 102 cm³/mol. The fourth-order valence-electron chi connectivity index (χ4n) is 3.81. The van der Waals surface area contributed by atoms with Crippen LogP contribution in [-0.2, 0) is 14.8 Å². The fraction of sp³-hybridized carbons (Fsp3) is 0.389. The molecule has 1 atom stereocenters. The van der Waals surface area contributed by atoms with Gasteiger partial charge in [0.1, 0.15) is 0 Å². The van der Waals surface area contributed by atoms with Gasteiger partial charge in [-0.25, -0.2) is 8.42 Å². The monoisotopic (exact) mass is 391 g/mol. The van der Waals surface area contributed by atoms with Crippen molar-refractivity contribution >= 4 is 33.0 Å². The number of likely N-dealkylation sites (N-methyl/N-ethyl adjacent to an activating group) is 1. The molecule has 1 aromatic carbocycles. The molecule has 2 aliphatic rings. The van der Waals surface area contributed by atoms with E-state index in [9.17, 15) is 13.2 Å². The number of hydrogen-bond donors (Lipinski definition) is 0. The lowest BCUT2D eigenvalue weighted by molar-refractivity contribution is -0.123. The number of carbonyl (C=O) groups is 1. The maximum Gasteiger partial charge on any atom is 0.243 e. The van der Waals surface area contributed by atoms with Crippen LogP contribution in [0, 0.1) is 0 Å². The summed E-state index contributed by atoms with van der Waals surface area (Å²) < 4.78 is 27.5. The summed E-state index contributed by atoms with van der Waals surface area (Å²) >= 11 is 1.56. The predicted octanol–water partition coefficient (Wildman–Crippen LogP) is 1.86. The minimum absolute atomic E-state index is 0.0564. The molecule has 0 unspecified atom stereocenters. The van der Waals surface area contributed by atoms with Crippen LogP contribution >= 0.6 is 11.3 Å². The summed E-state index contributed by atoms with van der Waals surface area (Å²) in [5.74, 6) is 0.0564. The third-order valence-corrected chi connectivity index (χ3v) is 7.96. The fourth-order valence-corrected chi connectivity index (χ4v) is 5.99. The molecule has 0 bridgehead atoms. The Bertz CT molecular complexity index is 899. The molecule has 6 nitrogen and oxygen atoms in total. The molecule has 8 heteroatoms. The van der Waals surface area contributed by atoms with E-state index >= 15 is 0 Å². The molecule has 0 saturated carbocycles. The Morgan fingerprint density at radius 2 is 1.88 bits per heavy atom. The van der Waals surface area contributed by atoms with E-state index in [-0.39, 0.29) is 11.4 Å². The van der Waals surface area contributed by atoms with E-state index in [2.05, 4.69) is 0 Å². The maximum atomic E-state index is 13.0. The number of rotatable bonds is 3. The van der Waals surface area contributed by atoms with E-state index in [4.69, 9.17) is 0 Å². The minimum Gasteiger partial charge on any atom is -0.309 e. The first-order chi connectivity index (χ1) is 12.4. The summed E-state index contributed by atoms with van der Waals surface area (Å²) in [5, 5.41) is 3.92. The van der Waals surface area contributed by atoms with Crippen LogP contribution in [0.3, 0.4) is 0 Å². The lowest BCUT2D eigenvalue weighted by Crippen LogP contribution is -2.64. The first-order valence-electron chi connectivity index (χ1n) is 8.51. The van der Waals surface area contributed by atoms with Gasteiger partial charge in [0.15, 0.2) is 0 Å². The minimum atomic E-state index is -3.52. The molecule has 2 aliphatic heterocycles. The molecule has 1 aromatic heterocycles. The number of amides is 1. The third-order valence-electron chi connectivity index (χ3n) is 5.43. The normalized spacial score (nSPS) is 25.3. The Hall–Kier alpha value is -1.74. The lowest BCUT2D eigenvalue weighted by Gasteiger charge is -2.46. The highest BCUT2D eigenvalue weighted by molar-refractivity contribution is 7.89. The third kappa shape index (κ3) is 2.87. The van der Waals surface area contributed by atoms with E-state index in [0.717, 1.165) is 5.69 Å². The lowest BCUT2D eigenvalue weighted by atomic mass is 9.93. The number of hydrogen-bond acceptors (Lipinski definition) is 5. The van der Waals surface area contributed by atoms with Crippen molar-refractivity contribution < 1.29 is 13.2 Å². The number of piperazine rings is 1. The van der Waals surface area contributed by atoms with E-state index in [1.807, 2.05) is 34.8 Å². The van der Waals surface area contributed by atoms with Gasteiger partial charge in [0.05, 0.1) is 22.7 Å². The number of sulfonamides is 1. The van der Waals surface area contributed by atoms with Crippen LogP contribution in [0.2, 0.25) is 0 Å². The second kappa shape index (κ2) is 6.45. The maximum absolute atomic E-state index is 13.0. The zero-order chi connectivity index (χ0) is 18.4. The molecule has 138 valence electrons.